The molecule has 332 valence electrons. The van der Waals surface area contributed by atoms with Crippen molar-refractivity contribution in [2.24, 2.45) is 17.3 Å². The molecule has 1 spiro atoms. The molecule has 4 amide bonds. The predicted octanol–water partition coefficient (Wildman–Crippen LogP) is 7.93. The zero-order valence-corrected chi connectivity index (χ0v) is 36.5. The maximum atomic E-state index is 13.7. The highest BCUT2D eigenvalue weighted by molar-refractivity contribution is 7.18. The molecule has 2 saturated heterocycles. The number of halogens is 3. The lowest BCUT2D eigenvalue weighted by molar-refractivity contribution is -0.141. The summed E-state index contributed by atoms with van der Waals surface area (Å²) in [5.41, 5.74) is 1.59. The topological polar surface area (TPSA) is 148 Å². The summed E-state index contributed by atoms with van der Waals surface area (Å²) in [6, 6.07) is 11.7. The molecular formula is C47H52F3N7O5S. The van der Waals surface area contributed by atoms with Crippen LogP contribution in [0.4, 0.5) is 24.5 Å². The highest BCUT2D eigenvalue weighted by Crippen LogP contribution is 2.54. The first-order valence-electron chi connectivity index (χ1n) is 21.8. The molecule has 0 bridgehead atoms. The third-order valence-electron chi connectivity index (χ3n) is 13.9. The number of carbonyl (C=O) groups is 4. The number of piperidine rings is 1. The molecule has 9 rings (SSSR count). The lowest BCUT2D eigenvalue weighted by Crippen LogP contribution is -2.63. The summed E-state index contributed by atoms with van der Waals surface area (Å²) in [5, 5.41) is 17.1. The van der Waals surface area contributed by atoms with Gasteiger partial charge in [-0.15, -0.1) is 11.3 Å². The molecule has 1 unspecified atom stereocenters. The molecule has 16 heteroatoms. The number of alkyl halides is 3. The Balaban J connectivity index is 0.743. The first-order chi connectivity index (χ1) is 29.9. The molecule has 2 saturated carbocycles. The van der Waals surface area contributed by atoms with Crippen molar-refractivity contribution < 1.29 is 37.5 Å². The van der Waals surface area contributed by atoms with E-state index in [1.165, 1.54) is 23.8 Å². The first-order valence-corrected chi connectivity index (χ1v) is 22.6. The minimum Gasteiger partial charge on any atom is -0.386 e. The van der Waals surface area contributed by atoms with Crippen molar-refractivity contribution in [1.82, 2.24) is 25.1 Å². The molecule has 5 aliphatic rings. The van der Waals surface area contributed by atoms with Crippen LogP contribution in [0.2, 0.25) is 0 Å². The van der Waals surface area contributed by atoms with E-state index in [0.29, 0.717) is 51.2 Å². The average molecular weight is 884 g/mol. The molecule has 3 aliphatic heterocycles. The monoisotopic (exact) mass is 883 g/mol. The lowest BCUT2D eigenvalue weighted by Gasteiger charge is -2.60. The van der Waals surface area contributed by atoms with Crippen LogP contribution in [0, 0.1) is 17.3 Å². The van der Waals surface area contributed by atoms with Gasteiger partial charge in [0.2, 0.25) is 11.8 Å². The van der Waals surface area contributed by atoms with E-state index >= 15 is 0 Å². The van der Waals surface area contributed by atoms with Crippen molar-refractivity contribution in [2.75, 3.05) is 43.4 Å². The largest absolute Gasteiger partial charge is 0.433 e. The molecule has 2 aromatic carbocycles. The number of anilines is 2. The Morgan fingerprint density at radius 1 is 1.02 bits per heavy atom. The maximum Gasteiger partial charge on any atom is 0.433 e. The molecule has 4 aromatic rings. The van der Waals surface area contributed by atoms with E-state index in [4.69, 9.17) is 4.98 Å². The summed E-state index contributed by atoms with van der Waals surface area (Å²) < 4.78 is 40.6. The molecule has 2 aromatic heterocycles. The lowest BCUT2D eigenvalue weighted by atomic mass is 9.57. The van der Waals surface area contributed by atoms with Crippen molar-refractivity contribution in [3.8, 4) is 0 Å². The molecule has 3 N–H and O–H groups in total. The second-order valence-electron chi connectivity index (χ2n) is 19.0. The Morgan fingerprint density at radius 3 is 2.44 bits per heavy atom. The van der Waals surface area contributed by atoms with E-state index in [1.807, 2.05) is 25.2 Å². The Labute approximate surface area is 367 Å². The maximum absolute atomic E-state index is 13.7. The van der Waals surface area contributed by atoms with Gasteiger partial charge >= 0.3 is 6.18 Å². The van der Waals surface area contributed by atoms with Gasteiger partial charge in [0.1, 0.15) is 17.4 Å². The van der Waals surface area contributed by atoms with Crippen LogP contribution in [0.25, 0.3) is 15.9 Å². The number of amides is 4. The van der Waals surface area contributed by atoms with E-state index in [-0.39, 0.29) is 30.3 Å². The number of rotatable bonds is 11. The van der Waals surface area contributed by atoms with E-state index in [9.17, 15) is 37.5 Å². The summed E-state index contributed by atoms with van der Waals surface area (Å²) >= 11 is 1.56. The number of thiazole rings is 1. The molecule has 4 fully saturated rings. The number of nitrogens with one attached hydrogen (secondary N) is 2. The van der Waals surface area contributed by atoms with Crippen molar-refractivity contribution >= 4 is 62.3 Å². The normalized spacial score (nSPS) is 22.8. The third-order valence-corrected chi connectivity index (χ3v) is 15.1. The third kappa shape index (κ3) is 8.37. The average Bonchev–Trinajstić information content (AvgIpc) is 3.74. The summed E-state index contributed by atoms with van der Waals surface area (Å²) in [6.45, 7) is 11.5. The van der Waals surface area contributed by atoms with Crippen LogP contribution < -0.4 is 15.5 Å². The molecule has 5 heterocycles. The number of nitrogens with zero attached hydrogens (tertiary/aromatic N) is 5. The number of hydrogen-bond donors (Lipinski definition) is 3. The van der Waals surface area contributed by atoms with Crippen LogP contribution in [-0.4, -0.2) is 87.8 Å². The minimum atomic E-state index is -4.69. The molecule has 12 nitrogen and oxygen atoms in total. The Hall–Kier alpha value is -5.19. The summed E-state index contributed by atoms with van der Waals surface area (Å²) in [6.07, 6.45) is 3.55. The van der Waals surface area contributed by atoms with Crippen LogP contribution >= 0.6 is 11.3 Å². The Bertz CT molecular complexity index is 2510. The van der Waals surface area contributed by atoms with Gasteiger partial charge in [0.15, 0.2) is 0 Å². The highest BCUT2D eigenvalue weighted by atomic mass is 32.1. The van der Waals surface area contributed by atoms with Gasteiger partial charge in [-0.05, 0) is 113 Å². The molecule has 1 atom stereocenters. The van der Waals surface area contributed by atoms with Crippen molar-refractivity contribution in [3.05, 3.63) is 88.2 Å². The first kappa shape index (κ1) is 43.1. The van der Waals surface area contributed by atoms with Crippen LogP contribution in [0.3, 0.4) is 0 Å². The van der Waals surface area contributed by atoms with Gasteiger partial charge in [0.25, 0.3) is 11.8 Å². The minimum absolute atomic E-state index is 0.189. The second-order valence-corrected chi connectivity index (χ2v) is 20.1. The SMILES string of the molecule is C=C1c2cccc(N(C)CCC3CC4(C3)CN(C[C@H]3CC[C@H](c5nc6cc(C(C)(C)O)c(NC(=O)c7cccc(C(F)(F)F)n7)cc6s5)CC3)C4)c2C(=O)N1C1CCC(=O)NC1=O. The number of fused-ring (bicyclic) bond motifs is 2. The smallest absolute Gasteiger partial charge is 0.386 e. The van der Waals surface area contributed by atoms with Crippen LogP contribution in [-0.2, 0) is 21.4 Å². The number of aliphatic hydroxyl groups is 1. The summed E-state index contributed by atoms with van der Waals surface area (Å²) in [7, 11) is 2.02. The fraction of sp³-hybridized carbons (Fsp3) is 0.489. The number of hydrogen-bond acceptors (Lipinski definition) is 10. The molecule has 0 radical (unpaired) electrons. The Morgan fingerprint density at radius 2 is 1.75 bits per heavy atom. The fourth-order valence-corrected chi connectivity index (χ4v) is 11.9. The Kier molecular flexibility index (Phi) is 11.0. The number of carbonyl (C=O) groups excluding carboxylic acids is 4. The van der Waals surface area contributed by atoms with Gasteiger partial charge in [-0.1, -0.05) is 24.8 Å². The zero-order chi connectivity index (χ0) is 44.6. The van der Waals surface area contributed by atoms with Gasteiger partial charge in [-0.3, -0.25) is 29.4 Å². The number of benzene rings is 2. The number of likely N-dealkylation sites (tertiary alicyclic amines) is 1. The number of imide groups is 1. The summed E-state index contributed by atoms with van der Waals surface area (Å²) in [5.74, 6) is -0.245. The quantitative estimate of drug-likeness (QED) is 0.128. The van der Waals surface area contributed by atoms with Gasteiger partial charge in [-0.2, -0.15) is 13.2 Å². The van der Waals surface area contributed by atoms with E-state index in [0.717, 1.165) is 91.4 Å². The van der Waals surface area contributed by atoms with Crippen molar-refractivity contribution in [2.45, 2.75) is 95.4 Å². The van der Waals surface area contributed by atoms with E-state index < -0.39 is 35.3 Å². The van der Waals surface area contributed by atoms with Crippen molar-refractivity contribution in [1.29, 1.82) is 0 Å². The molecule has 63 heavy (non-hydrogen) atoms. The standard InChI is InChI=1S/C47H52F3N7O5S/c1-26-30-7-5-9-35(40(30)44(61)57(26)36-15-16-39(58)54-42(36)60)55(4)18-17-28-21-46(22-28)24-56(25-46)23-27-11-13-29(14-12-27)43-53-34-19-31(45(2,3)62)33(20-37(34)63-43)52-41(59)32-8-6-10-38(51-32)47(48,49)50/h5-10,19-20,27-29,36,62H,1,11-18,21-25H2,2-4H3,(H,52,59)(H,54,58,60)/t27-,29-,36?. The van der Waals surface area contributed by atoms with E-state index in [2.05, 4.69) is 32.0 Å². The number of aromatic nitrogens is 2. The zero-order valence-electron chi connectivity index (χ0n) is 35.7. The highest BCUT2D eigenvalue weighted by Gasteiger charge is 2.52. The second kappa shape index (κ2) is 16.1. The summed E-state index contributed by atoms with van der Waals surface area (Å²) in [4.78, 5) is 66.0. The van der Waals surface area contributed by atoms with E-state index in [1.54, 1.807) is 37.3 Å². The predicted molar refractivity (Wildman–Crippen MR) is 234 cm³/mol. The van der Waals surface area contributed by atoms with Crippen LogP contribution in [0.15, 0.2) is 55.1 Å². The fourth-order valence-electron chi connectivity index (χ4n) is 10.7. The van der Waals surface area contributed by atoms with Gasteiger partial charge < -0.3 is 20.2 Å². The van der Waals surface area contributed by atoms with Gasteiger partial charge in [-0.25, -0.2) is 9.97 Å². The molecular weight excluding hydrogens is 832 g/mol. The van der Waals surface area contributed by atoms with Crippen molar-refractivity contribution in [3.63, 3.8) is 0 Å². The van der Waals surface area contributed by atoms with Gasteiger partial charge in [0.05, 0.1) is 26.4 Å². The van der Waals surface area contributed by atoms with Gasteiger partial charge in [0, 0.05) is 73.8 Å². The number of pyridine rings is 1. The van der Waals surface area contributed by atoms with Crippen LogP contribution in [0.5, 0.6) is 0 Å². The molecule has 2 aliphatic carbocycles. The van der Waals surface area contributed by atoms with Crippen LogP contribution in [0.1, 0.15) is 120 Å².